The minimum atomic E-state index is -0.789. The monoisotopic (exact) mass is 830 g/mol. The van der Waals surface area contributed by atoms with E-state index in [1.54, 1.807) is 0 Å². The summed E-state index contributed by atoms with van der Waals surface area (Å²) in [5.41, 5.74) is 0. The van der Waals surface area contributed by atoms with Crippen LogP contribution in [0, 0.1) is 0 Å². The summed E-state index contributed by atoms with van der Waals surface area (Å²) in [6, 6.07) is -0.703. The quantitative estimate of drug-likeness (QED) is 0.0323. The van der Waals surface area contributed by atoms with Gasteiger partial charge in [0.25, 0.3) is 0 Å². The van der Waals surface area contributed by atoms with Crippen LogP contribution in [0.15, 0.2) is 36.5 Å². The first-order valence-corrected chi connectivity index (χ1v) is 25.7. The zero-order valence-electron chi connectivity index (χ0n) is 39.4. The van der Waals surface area contributed by atoms with Gasteiger partial charge in [-0.2, -0.15) is 0 Å². The molecule has 0 radical (unpaired) electrons. The van der Waals surface area contributed by atoms with Crippen molar-refractivity contribution >= 4 is 11.9 Å². The predicted octanol–water partition coefficient (Wildman–Crippen LogP) is 15.3. The number of rotatable bonds is 46. The summed E-state index contributed by atoms with van der Waals surface area (Å²) < 4.78 is 5.90. The lowest BCUT2D eigenvalue weighted by Crippen LogP contribution is -2.46. The summed E-state index contributed by atoms with van der Waals surface area (Å²) in [6.07, 6.45) is 55.0. The Labute approximate surface area is 366 Å². The van der Waals surface area contributed by atoms with Crippen LogP contribution in [-0.2, 0) is 14.3 Å². The van der Waals surface area contributed by atoms with Crippen molar-refractivity contribution in [1.82, 2.24) is 5.32 Å². The zero-order valence-corrected chi connectivity index (χ0v) is 39.4. The van der Waals surface area contributed by atoms with E-state index in [1.165, 1.54) is 135 Å². The molecule has 0 spiro atoms. The van der Waals surface area contributed by atoms with E-state index in [4.69, 9.17) is 4.74 Å². The molecule has 0 saturated heterocycles. The molecule has 0 aromatic rings. The molecular formula is C53H99NO5. The Bertz CT molecular complexity index is 977. The lowest BCUT2D eigenvalue weighted by atomic mass is 10.0. The molecule has 0 aliphatic rings. The van der Waals surface area contributed by atoms with Crippen molar-refractivity contribution in [2.45, 2.75) is 283 Å². The van der Waals surface area contributed by atoms with Gasteiger partial charge in [0.05, 0.1) is 25.2 Å². The first-order chi connectivity index (χ1) is 29.0. The van der Waals surface area contributed by atoms with Gasteiger partial charge < -0.3 is 20.3 Å². The Morgan fingerprint density at radius 1 is 0.492 bits per heavy atom. The molecule has 6 nitrogen and oxygen atoms in total. The molecule has 0 aromatic carbocycles. The maximum absolute atomic E-state index is 13.1. The standard InChI is InChI=1S/C53H99NO5/c1-4-7-10-13-16-19-21-23-24-25-26-27-28-30-32-34-37-40-43-46-53(58)59-49(44-41-38-35-18-15-12-9-6-3)47-52(57)54-50(48-55)51(56)45-42-39-36-33-31-29-22-20-17-14-11-8-5-2/h12,15-16,19,23-24,49-51,55-56H,4-11,13-14,17-18,20-22,25-48H2,1-3H3,(H,54,57)/b15-12-,19-16-,24-23-. The highest BCUT2D eigenvalue weighted by molar-refractivity contribution is 5.77. The van der Waals surface area contributed by atoms with Crippen molar-refractivity contribution < 1.29 is 24.5 Å². The number of hydrogen-bond acceptors (Lipinski definition) is 5. The van der Waals surface area contributed by atoms with E-state index in [0.717, 1.165) is 83.5 Å². The molecule has 0 aliphatic carbocycles. The van der Waals surface area contributed by atoms with E-state index in [-0.39, 0.29) is 24.9 Å². The van der Waals surface area contributed by atoms with Gasteiger partial charge in [-0.1, -0.05) is 211 Å². The van der Waals surface area contributed by atoms with Crippen molar-refractivity contribution in [3.05, 3.63) is 36.5 Å². The summed E-state index contributed by atoms with van der Waals surface area (Å²) >= 11 is 0. The Hall–Kier alpha value is -1.92. The zero-order chi connectivity index (χ0) is 43.1. The fourth-order valence-corrected chi connectivity index (χ4v) is 7.76. The Morgan fingerprint density at radius 2 is 0.898 bits per heavy atom. The highest BCUT2D eigenvalue weighted by Gasteiger charge is 2.24. The van der Waals surface area contributed by atoms with Crippen molar-refractivity contribution in [1.29, 1.82) is 0 Å². The fourth-order valence-electron chi connectivity index (χ4n) is 7.76. The third kappa shape index (κ3) is 42.6. The van der Waals surface area contributed by atoms with E-state index in [9.17, 15) is 19.8 Å². The number of amides is 1. The largest absolute Gasteiger partial charge is 0.462 e. The molecule has 1 amide bonds. The molecule has 0 saturated carbocycles. The first kappa shape index (κ1) is 57.1. The van der Waals surface area contributed by atoms with Gasteiger partial charge in [0.1, 0.15) is 6.10 Å². The molecule has 3 N–H and O–H groups in total. The van der Waals surface area contributed by atoms with Gasteiger partial charge in [0.2, 0.25) is 5.91 Å². The van der Waals surface area contributed by atoms with Gasteiger partial charge in [-0.05, 0) is 77.0 Å². The van der Waals surface area contributed by atoms with E-state index < -0.39 is 18.2 Å². The van der Waals surface area contributed by atoms with Crippen LogP contribution in [0.25, 0.3) is 0 Å². The van der Waals surface area contributed by atoms with Gasteiger partial charge in [-0.3, -0.25) is 9.59 Å². The van der Waals surface area contributed by atoms with Crippen LogP contribution in [0.1, 0.15) is 265 Å². The van der Waals surface area contributed by atoms with E-state index in [1.807, 2.05) is 0 Å². The Kier molecular flexibility index (Phi) is 45.6. The molecule has 0 bridgehead atoms. The van der Waals surface area contributed by atoms with Gasteiger partial charge in [-0.25, -0.2) is 0 Å². The van der Waals surface area contributed by atoms with Crippen LogP contribution < -0.4 is 5.32 Å². The molecule has 0 rings (SSSR count). The molecule has 59 heavy (non-hydrogen) atoms. The van der Waals surface area contributed by atoms with Crippen molar-refractivity contribution in [3.8, 4) is 0 Å². The summed E-state index contributed by atoms with van der Waals surface area (Å²) in [7, 11) is 0. The number of nitrogens with one attached hydrogen (secondary N) is 1. The lowest BCUT2D eigenvalue weighted by molar-refractivity contribution is -0.151. The van der Waals surface area contributed by atoms with Crippen LogP contribution in [0.5, 0.6) is 0 Å². The molecule has 346 valence electrons. The number of carbonyl (C=O) groups is 2. The second kappa shape index (κ2) is 47.1. The summed E-state index contributed by atoms with van der Waals surface area (Å²) in [5.74, 6) is -0.491. The van der Waals surface area contributed by atoms with Gasteiger partial charge in [0, 0.05) is 6.42 Å². The minimum absolute atomic E-state index is 0.0664. The van der Waals surface area contributed by atoms with E-state index in [2.05, 4.69) is 62.5 Å². The van der Waals surface area contributed by atoms with Crippen molar-refractivity contribution in [2.24, 2.45) is 0 Å². The van der Waals surface area contributed by atoms with Gasteiger partial charge >= 0.3 is 5.97 Å². The molecule has 3 unspecified atom stereocenters. The van der Waals surface area contributed by atoms with Crippen molar-refractivity contribution in [2.75, 3.05) is 6.61 Å². The van der Waals surface area contributed by atoms with E-state index >= 15 is 0 Å². The predicted molar refractivity (Wildman–Crippen MR) is 255 cm³/mol. The molecule has 0 fully saturated rings. The van der Waals surface area contributed by atoms with Crippen LogP contribution >= 0.6 is 0 Å². The van der Waals surface area contributed by atoms with Crippen LogP contribution in [0.4, 0.5) is 0 Å². The Morgan fingerprint density at radius 3 is 1.42 bits per heavy atom. The SMILES string of the molecule is CCC/C=C\CCCCCC(CC(=O)NC(CO)C(O)CCCCCCCCCCCCCCC)OC(=O)CCCCCCCCCCC/C=C\C/C=C\CCCCC. The number of unbranched alkanes of at least 4 members (excludes halogenated alkanes) is 28. The molecule has 3 atom stereocenters. The molecule has 0 aromatic heterocycles. The maximum Gasteiger partial charge on any atom is 0.306 e. The first-order valence-electron chi connectivity index (χ1n) is 25.7. The number of esters is 1. The Balaban J connectivity index is 4.38. The number of carbonyl (C=O) groups excluding carboxylic acids is 2. The number of allylic oxidation sites excluding steroid dienone is 6. The summed E-state index contributed by atoms with van der Waals surface area (Å²) in [4.78, 5) is 26.0. The molecule has 0 aliphatic heterocycles. The van der Waals surface area contributed by atoms with Crippen LogP contribution in [0.3, 0.4) is 0 Å². The third-order valence-electron chi connectivity index (χ3n) is 11.7. The molecular weight excluding hydrogens is 731 g/mol. The van der Waals surface area contributed by atoms with Crippen LogP contribution in [-0.4, -0.2) is 46.9 Å². The minimum Gasteiger partial charge on any atom is -0.462 e. The summed E-state index contributed by atoms with van der Waals surface area (Å²) in [6.45, 7) is 6.39. The highest BCUT2D eigenvalue weighted by Crippen LogP contribution is 2.18. The second-order valence-corrected chi connectivity index (χ2v) is 17.6. The number of hydrogen-bond donors (Lipinski definition) is 3. The molecule has 6 heteroatoms. The fraction of sp³-hybridized carbons (Fsp3) is 0.849. The average molecular weight is 830 g/mol. The summed E-state index contributed by atoms with van der Waals surface area (Å²) in [5, 5.41) is 23.7. The average Bonchev–Trinajstić information content (AvgIpc) is 3.23. The number of ether oxygens (including phenoxy) is 1. The molecule has 0 heterocycles. The number of aliphatic hydroxyl groups excluding tert-OH is 2. The van der Waals surface area contributed by atoms with Gasteiger partial charge in [-0.15, -0.1) is 0 Å². The van der Waals surface area contributed by atoms with Gasteiger partial charge in [0.15, 0.2) is 0 Å². The topological polar surface area (TPSA) is 95.9 Å². The van der Waals surface area contributed by atoms with E-state index in [0.29, 0.717) is 19.3 Å². The highest BCUT2D eigenvalue weighted by atomic mass is 16.5. The smallest absolute Gasteiger partial charge is 0.306 e. The lowest BCUT2D eigenvalue weighted by Gasteiger charge is -2.24. The maximum atomic E-state index is 13.1. The second-order valence-electron chi connectivity index (χ2n) is 17.6. The normalized spacial score (nSPS) is 13.5. The van der Waals surface area contributed by atoms with Crippen LogP contribution in [0.2, 0.25) is 0 Å². The van der Waals surface area contributed by atoms with Crippen molar-refractivity contribution in [3.63, 3.8) is 0 Å². The number of aliphatic hydroxyl groups is 2. The third-order valence-corrected chi connectivity index (χ3v) is 11.7.